The van der Waals surface area contributed by atoms with Gasteiger partial charge in [0.1, 0.15) is 18.5 Å². The summed E-state index contributed by atoms with van der Waals surface area (Å²) < 4.78 is 14.8. The van der Waals surface area contributed by atoms with Crippen molar-refractivity contribution in [1.29, 1.82) is 0 Å². The van der Waals surface area contributed by atoms with Crippen LogP contribution in [-0.4, -0.2) is 14.8 Å². The van der Waals surface area contributed by atoms with Crippen molar-refractivity contribution in [3.05, 3.63) is 84.2 Å². The lowest BCUT2D eigenvalue weighted by atomic mass is 10.1. The number of nitrogens with one attached hydrogen (secondary N) is 1. The SMILES string of the molecule is Fc1ccc(CN[C@@H](Cn2cncn2)c2ccccc2)cc1. The van der Waals surface area contributed by atoms with E-state index < -0.39 is 0 Å². The lowest BCUT2D eigenvalue weighted by molar-refractivity contribution is 0.436. The third kappa shape index (κ3) is 3.77. The fourth-order valence-corrected chi connectivity index (χ4v) is 2.33. The van der Waals surface area contributed by atoms with Gasteiger partial charge in [0.15, 0.2) is 0 Å². The summed E-state index contributed by atoms with van der Waals surface area (Å²) in [7, 11) is 0. The van der Waals surface area contributed by atoms with Gasteiger partial charge in [-0.3, -0.25) is 4.68 Å². The number of rotatable bonds is 6. The van der Waals surface area contributed by atoms with Crippen molar-refractivity contribution in [2.24, 2.45) is 0 Å². The second-order valence-corrected chi connectivity index (χ2v) is 5.09. The highest BCUT2D eigenvalue weighted by atomic mass is 19.1. The number of aromatic nitrogens is 3. The first-order valence-corrected chi connectivity index (χ1v) is 7.16. The molecule has 3 aromatic rings. The summed E-state index contributed by atoms with van der Waals surface area (Å²) in [5.41, 5.74) is 2.22. The summed E-state index contributed by atoms with van der Waals surface area (Å²) in [6.07, 6.45) is 3.23. The van der Waals surface area contributed by atoms with Crippen LogP contribution in [0.5, 0.6) is 0 Å². The minimum atomic E-state index is -0.217. The zero-order valence-corrected chi connectivity index (χ0v) is 12.1. The second kappa shape index (κ2) is 6.95. The summed E-state index contributed by atoms with van der Waals surface area (Å²) in [5.74, 6) is -0.217. The first-order valence-electron chi connectivity index (χ1n) is 7.16. The van der Waals surface area contributed by atoms with E-state index >= 15 is 0 Å². The summed E-state index contributed by atoms with van der Waals surface area (Å²) in [4.78, 5) is 3.98. The Kier molecular flexibility index (Phi) is 4.56. The first kappa shape index (κ1) is 14.4. The molecular formula is C17H17FN4. The maximum atomic E-state index is 13.0. The molecule has 0 fully saturated rings. The normalized spacial score (nSPS) is 12.2. The van der Waals surface area contributed by atoms with Crippen molar-refractivity contribution in [3.8, 4) is 0 Å². The average molecular weight is 296 g/mol. The van der Waals surface area contributed by atoms with E-state index in [4.69, 9.17) is 0 Å². The van der Waals surface area contributed by atoms with Gasteiger partial charge in [-0.2, -0.15) is 5.10 Å². The minimum Gasteiger partial charge on any atom is -0.304 e. The summed E-state index contributed by atoms with van der Waals surface area (Å²) in [6, 6.07) is 16.8. The van der Waals surface area contributed by atoms with E-state index in [1.807, 2.05) is 18.2 Å². The van der Waals surface area contributed by atoms with Gasteiger partial charge in [0.2, 0.25) is 0 Å². The van der Waals surface area contributed by atoms with E-state index in [-0.39, 0.29) is 11.9 Å². The van der Waals surface area contributed by atoms with Crippen molar-refractivity contribution >= 4 is 0 Å². The molecule has 1 atom stereocenters. The van der Waals surface area contributed by atoms with Crippen LogP contribution in [0, 0.1) is 5.82 Å². The topological polar surface area (TPSA) is 42.7 Å². The molecular weight excluding hydrogens is 279 g/mol. The van der Waals surface area contributed by atoms with Crippen LogP contribution >= 0.6 is 0 Å². The van der Waals surface area contributed by atoms with Crippen LogP contribution in [0.4, 0.5) is 4.39 Å². The zero-order chi connectivity index (χ0) is 15.2. The number of nitrogens with zero attached hydrogens (tertiary/aromatic N) is 3. The molecule has 1 N–H and O–H groups in total. The Morgan fingerprint density at radius 2 is 1.82 bits per heavy atom. The summed E-state index contributed by atoms with van der Waals surface area (Å²) in [6.45, 7) is 1.35. The number of benzene rings is 2. The maximum Gasteiger partial charge on any atom is 0.137 e. The second-order valence-electron chi connectivity index (χ2n) is 5.09. The Morgan fingerprint density at radius 3 is 2.50 bits per heavy atom. The number of hydrogen-bond acceptors (Lipinski definition) is 3. The Morgan fingerprint density at radius 1 is 1.05 bits per heavy atom. The molecule has 3 rings (SSSR count). The highest BCUT2D eigenvalue weighted by Gasteiger charge is 2.12. The number of halogens is 1. The van der Waals surface area contributed by atoms with Crippen LogP contribution in [0.2, 0.25) is 0 Å². The average Bonchev–Trinajstić information content (AvgIpc) is 3.07. The number of hydrogen-bond donors (Lipinski definition) is 1. The van der Waals surface area contributed by atoms with Crippen LogP contribution < -0.4 is 5.32 Å². The lowest BCUT2D eigenvalue weighted by Crippen LogP contribution is -2.25. The molecule has 0 radical (unpaired) electrons. The van der Waals surface area contributed by atoms with Gasteiger partial charge in [-0.25, -0.2) is 9.37 Å². The van der Waals surface area contributed by atoms with Crippen molar-refractivity contribution in [3.63, 3.8) is 0 Å². The third-order valence-corrected chi connectivity index (χ3v) is 3.50. The quantitative estimate of drug-likeness (QED) is 0.760. The molecule has 4 nitrogen and oxygen atoms in total. The Hall–Kier alpha value is -2.53. The Bertz CT molecular complexity index is 680. The molecule has 0 aliphatic rings. The first-order chi connectivity index (χ1) is 10.8. The van der Waals surface area contributed by atoms with E-state index in [0.29, 0.717) is 13.1 Å². The van der Waals surface area contributed by atoms with Gasteiger partial charge >= 0.3 is 0 Å². The molecule has 0 spiro atoms. The molecule has 2 aromatic carbocycles. The molecule has 0 saturated carbocycles. The maximum absolute atomic E-state index is 13.0. The predicted molar refractivity (Wildman–Crippen MR) is 82.4 cm³/mol. The van der Waals surface area contributed by atoms with Gasteiger partial charge < -0.3 is 5.32 Å². The zero-order valence-electron chi connectivity index (χ0n) is 12.1. The molecule has 112 valence electrons. The molecule has 0 saturated heterocycles. The third-order valence-electron chi connectivity index (χ3n) is 3.50. The fraction of sp³-hybridized carbons (Fsp3) is 0.176. The van der Waals surface area contributed by atoms with Crippen LogP contribution in [0.15, 0.2) is 67.3 Å². The highest BCUT2D eigenvalue weighted by Crippen LogP contribution is 2.15. The predicted octanol–water partition coefficient (Wildman–Crippen LogP) is 2.95. The molecule has 1 aromatic heterocycles. The lowest BCUT2D eigenvalue weighted by Gasteiger charge is -2.19. The van der Waals surface area contributed by atoms with Crippen molar-refractivity contribution in [2.45, 2.75) is 19.1 Å². The molecule has 0 amide bonds. The van der Waals surface area contributed by atoms with E-state index in [1.165, 1.54) is 24.0 Å². The van der Waals surface area contributed by atoms with Gasteiger partial charge in [-0.1, -0.05) is 42.5 Å². The van der Waals surface area contributed by atoms with Gasteiger partial charge in [0.05, 0.1) is 12.6 Å². The summed E-state index contributed by atoms with van der Waals surface area (Å²) >= 11 is 0. The highest BCUT2D eigenvalue weighted by molar-refractivity contribution is 5.20. The van der Waals surface area contributed by atoms with E-state index in [0.717, 1.165) is 5.56 Å². The van der Waals surface area contributed by atoms with Gasteiger partial charge in [-0.05, 0) is 23.3 Å². The molecule has 1 heterocycles. The van der Waals surface area contributed by atoms with E-state index in [1.54, 1.807) is 23.1 Å². The van der Waals surface area contributed by atoms with E-state index in [9.17, 15) is 4.39 Å². The van der Waals surface area contributed by atoms with Crippen molar-refractivity contribution in [2.75, 3.05) is 0 Å². The molecule has 0 aliphatic carbocycles. The molecule has 0 unspecified atom stereocenters. The smallest absolute Gasteiger partial charge is 0.137 e. The van der Waals surface area contributed by atoms with Gasteiger partial charge in [0.25, 0.3) is 0 Å². The Balaban J connectivity index is 1.72. The monoisotopic (exact) mass is 296 g/mol. The van der Waals surface area contributed by atoms with Crippen LogP contribution in [0.3, 0.4) is 0 Å². The Labute approximate surface area is 128 Å². The van der Waals surface area contributed by atoms with Gasteiger partial charge in [0, 0.05) is 6.54 Å². The standard InChI is InChI=1S/C17H17FN4/c18-16-8-6-14(7-9-16)10-20-17(11-22-13-19-12-21-22)15-4-2-1-3-5-15/h1-9,12-13,17,20H,10-11H2/t17-/m0/s1. The summed E-state index contributed by atoms with van der Waals surface area (Å²) in [5, 5.41) is 7.66. The van der Waals surface area contributed by atoms with E-state index in [2.05, 4.69) is 27.5 Å². The molecule has 5 heteroatoms. The van der Waals surface area contributed by atoms with Crippen LogP contribution in [0.1, 0.15) is 17.2 Å². The van der Waals surface area contributed by atoms with Crippen molar-refractivity contribution < 1.29 is 4.39 Å². The largest absolute Gasteiger partial charge is 0.304 e. The van der Waals surface area contributed by atoms with Crippen LogP contribution in [0.25, 0.3) is 0 Å². The minimum absolute atomic E-state index is 0.105. The molecule has 0 bridgehead atoms. The van der Waals surface area contributed by atoms with Crippen molar-refractivity contribution in [1.82, 2.24) is 20.1 Å². The molecule has 0 aliphatic heterocycles. The fourth-order valence-electron chi connectivity index (χ4n) is 2.33. The van der Waals surface area contributed by atoms with Crippen LogP contribution in [-0.2, 0) is 13.1 Å². The van der Waals surface area contributed by atoms with Gasteiger partial charge in [-0.15, -0.1) is 0 Å². The molecule has 22 heavy (non-hydrogen) atoms.